The third kappa shape index (κ3) is 3.85. The van der Waals surface area contributed by atoms with Crippen molar-refractivity contribution >= 4 is 23.3 Å². The van der Waals surface area contributed by atoms with Crippen LogP contribution in [0.1, 0.15) is 32.3 Å². The molecule has 1 amide bonds. The molecule has 94 valence electrons. The second-order valence-corrected chi connectivity index (χ2v) is 4.25. The van der Waals surface area contributed by atoms with E-state index in [-0.39, 0.29) is 18.4 Å². The van der Waals surface area contributed by atoms with Gasteiger partial charge in [0.2, 0.25) is 5.91 Å². The molecule has 1 aromatic heterocycles. The summed E-state index contributed by atoms with van der Waals surface area (Å²) in [6.07, 6.45) is 1.38. The third-order valence-electron chi connectivity index (χ3n) is 2.20. The van der Waals surface area contributed by atoms with Crippen LogP contribution in [-0.4, -0.2) is 29.0 Å². The minimum absolute atomic E-state index is 0.0723. The third-order valence-corrected chi connectivity index (χ3v) is 2.50. The van der Waals surface area contributed by atoms with Crippen LogP contribution in [0.15, 0.2) is 6.33 Å². The molecule has 2 N–H and O–H groups in total. The first kappa shape index (κ1) is 13.7. The van der Waals surface area contributed by atoms with Gasteiger partial charge in [0, 0.05) is 12.1 Å². The van der Waals surface area contributed by atoms with Crippen molar-refractivity contribution < 1.29 is 4.79 Å². The molecule has 5 nitrogen and oxygen atoms in total. The van der Waals surface area contributed by atoms with E-state index in [1.165, 1.54) is 6.33 Å². The topological polar surface area (TPSA) is 66.9 Å². The maximum Gasteiger partial charge on any atom is 0.239 e. The van der Waals surface area contributed by atoms with Gasteiger partial charge in [-0.3, -0.25) is 4.79 Å². The van der Waals surface area contributed by atoms with Crippen LogP contribution in [0, 0.1) is 0 Å². The molecule has 0 atom stereocenters. The summed E-state index contributed by atoms with van der Waals surface area (Å²) in [6, 6.07) is 0. The van der Waals surface area contributed by atoms with Crippen molar-refractivity contribution in [3.05, 3.63) is 17.0 Å². The Morgan fingerprint density at radius 2 is 2.18 bits per heavy atom. The first-order valence-corrected chi connectivity index (χ1v) is 5.95. The molecule has 0 saturated carbocycles. The number of halogens is 1. The summed E-state index contributed by atoms with van der Waals surface area (Å²) < 4.78 is 0. The average Bonchev–Trinajstić information content (AvgIpc) is 2.26. The molecule has 0 aromatic carbocycles. The molecule has 1 rings (SSSR count). The molecule has 0 aliphatic carbocycles. The number of rotatable bonds is 5. The fourth-order valence-electron chi connectivity index (χ4n) is 1.45. The summed E-state index contributed by atoms with van der Waals surface area (Å²) in [7, 11) is 0. The largest absolute Gasteiger partial charge is 0.361 e. The van der Waals surface area contributed by atoms with Gasteiger partial charge in [-0.25, -0.2) is 9.97 Å². The molecule has 0 fully saturated rings. The van der Waals surface area contributed by atoms with E-state index in [1.807, 2.05) is 20.8 Å². The van der Waals surface area contributed by atoms with Gasteiger partial charge >= 0.3 is 0 Å². The minimum Gasteiger partial charge on any atom is -0.361 e. The highest BCUT2D eigenvalue weighted by atomic mass is 35.5. The van der Waals surface area contributed by atoms with E-state index < -0.39 is 0 Å². The van der Waals surface area contributed by atoms with Crippen LogP contribution >= 0.6 is 11.6 Å². The van der Waals surface area contributed by atoms with Gasteiger partial charge in [0.25, 0.3) is 0 Å². The summed E-state index contributed by atoms with van der Waals surface area (Å²) in [6.45, 7) is 6.67. The average molecular weight is 257 g/mol. The zero-order chi connectivity index (χ0) is 12.8. The van der Waals surface area contributed by atoms with E-state index in [1.54, 1.807) is 0 Å². The zero-order valence-electron chi connectivity index (χ0n) is 10.2. The Labute approximate surface area is 106 Å². The van der Waals surface area contributed by atoms with E-state index >= 15 is 0 Å². The highest BCUT2D eigenvalue weighted by Crippen LogP contribution is 2.27. The predicted octanol–water partition coefficient (Wildman–Crippen LogP) is 1.80. The normalized spacial score (nSPS) is 10.4. The number of nitrogens with one attached hydrogen (secondary N) is 2. The predicted molar refractivity (Wildman–Crippen MR) is 68.3 cm³/mol. The summed E-state index contributed by atoms with van der Waals surface area (Å²) in [5.74, 6) is 0.739. The van der Waals surface area contributed by atoms with Crippen LogP contribution in [0.4, 0.5) is 5.82 Å². The number of carbonyl (C=O) groups is 1. The Kier molecular flexibility index (Phi) is 5.15. The van der Waals surface area contributed by atoms with Crippen molar-refractivity contribution in [3.63, 3.8) is 0 Å². The van der Waals surface area contributed by atoms with Crippen molar-refractivity contribution in [2.24, 2.45) is 0 Å². The monoisotopic (exact) mass is 256 g/mol. The molecule has 0 unspecified atom stereocenters. The Balaban J connectivity index is 2.77. The fourth-order valence-corrected chi connectivity index (χ4v) is 1.80. The van der Waals surface area contributed by atoms with Gasteiger partial charge in [-0.2, -0.15) is 0 Å². The zero-order valence-corrected chi connectivity index (χ0v) is 11.0. The lowest BCUT2D eigenvalue weighted by Crippen LogP contribution is -2.30. The van der Waals surface area contributed by atoms with Crippen LogP contribution < -0.4 is 10.6 Å². The molecule has 0 radical (unpaired) electrons. The molecular weight excluding hydrogens is 240 g/mol. The Morgan fingerprint density at radius 1 is 1.47 bits per heavy atom. The van der Waals surface area contributed by atoms with Crippen molar-refractivity contribution in [2.45, 2.75) is 26.7 Å². The number of hydrogen-bond acceptors (Lipinski definition) is 4. The number of nitrogens with zero attached hydrogens (tertiary/aromatic N) is 2. The molecule has 17 heavy (non-hydrogen) atoms. The van der Waals surface area contributed by atoms with Gasteiger partial charge in [0.15, 0.2) is 0 Å². The Morgan fingerprint density at radius 3 is 2.76 bits per heavy atom. The van der Waals surface area contributed by atoms with Crippen molar-refractivity contribution in [3.8, 4) is 0 Å². The fraction of sp³-hybridized carbons (Fsp3) is 0.545. The molecule has 6 heteroatoms. The standard InChI is InChI=1S/C11H17ClN4O/c1-4-13-8(17)5-14-11-9(7(2)3)10(12)15-6-16-11/h6-7H,4-5H2,1-3H3,(H,13,17)(H,14,15,16). The highest BCUT2D eigenvalue weighted by Gasteiger charge is 2.13. The number of hydrogen-bond donors (Lipinski definition) is 2. The van der Waals surface area contributed by atoms with Crippen molar-refractivity contribution in [2.75, 3.05) is 18.4 Å². The molecule has 0 aliphatic rings. The lowest BCUT2D eigenvalue weighted by atomic mass is 10.1. The summed E-state index contributed by atoms with van der Waals surface area (Å²) >= 11 is 6.01. The Bertz CT molecular complexity index is 395. The van der Waals surface area contributed by atoms with Crippen LogP contribution in [0.25, 0.3) is 0 Å². The first-order valence-electron chi connectivity index (χ1n) is 5.57. The molecule has 0 saturated heterocycles. The van der Waals surface area contributed by atoms with E-state index in [0.29, 0.717) is 17.5 Å². The van der Waals surface area contributed by atoms with Gasteiger partial charge in [0.05, 0.1) is 6.54 Å². The molecule has 1 aromatic rings. The van der Waals surface area contributed by atoms with Crippen LogP contribution in [-0.2, 0) is 4.79 Å². The summed E-state index contributed by atoms with van der Waals surface area (Å²) in [5, 5.41) is 6.10. The van der Waals surface area contributed by atoms with E-state index in [9.17, 15) is 4.79 Å². The van der Waals surface area contributed by atoms with Gasteiger partial charge in [0.1, 0.15) is 17.3 Å². The minimum atomic E-state index is -0.0723. The van der Waals surface area contributed by atoms with Crippen LogP contribution in [0.2, 0.25) is 5.15 Å². The summed E-state index contributed by atoms with van der Waals surface area (Å²) in [5.41, 5.74) is 0.832. The van der Waals surface area contributed by atoms with Gasteiger partial charge in [-0.1, -0.05) is 25.4 Å². The molecule has 1 heterocycles. The lowest BCUT2D eigenvalue weighted by Gasteiger charge is -2.13. The highest BCUT2D eigenvalue weighted by molar-refractivity contribution is 6.30. The summed E-state index contributed by atoms with van der Waals surface area (Å²) in [4.78, 5) is 19.4. The molecule has 0 spiro atoms. The second-order valence-electron chi connectivity index (χ2n) is 3.89. The van der Waals surface area contributed by atoms with E-state index in [2.05, 4.69) is 20.6 Å². The SMILES string of the molecule is CCNC(=O)CNc1ncnc(Cl)c1C(C)C. The Hall–Kier alpha value is -1.36. The number of likely N-dealkylation sites (N-methyl/N-ethyl adjacent to an activating group) is 1. The van der Waals surface area contributed by atoms with Crippen molar-refractivity contribution in [1.82, 2.24) is 15.3 Å². The first-order chi connectivity index (χ1) is 8.06. The second kappa shape index (κ2) is 6.39. The maximum atomic E-state index is 11.3. The van der Waals surface area contributed by atoms with Crippen LogP contribution in [0.3, 0.4) is 0 Å². The number of carbonyl (C=O) groups excluding carboxylic acids is 1. The maximum absolute atomic E-state index is 11.3. The van der Waals surface area contributed by atoms with E-state index in [4.69, 9.17) is 11.6 Å². The molecule has 0 bridgehead atoms. The van der Waals surface area contributed by atoms with Gasteiger partial charge < -0.3 is 10.6 Å². The lowest BCUT2D eigenvalue weighted by molar-refractivity contribution is -0.119. The molecule has 0 aliphatic heterocycles. The van der Waals surface area contributed by atoms with E-state index in [0.717, 1.165) is 5.56 Å². The quantitative estimate of drug-likeness (QED) is 0.789. The van der Waals surface area contributed by atoms with Gasteiger partial charge in [-0.15, -0.1) is 0 Å². The van der Waals surface area contributed by atoms with Crippen molar-refractivity contribution in [1.29, 1.82) is 0 Å². The molecular formula is C11H17ClN4O. The van der Waals surface area contributed by atoms with Gasteiger partial charge in [-0.05, 0) is 12.8 Å². The smallest absolute Gasteiger partial charge is 0.239 e. The number of anilines is 1. The van der Waals surface area contributed by atoms with Crippen LogP contribution in [0.5, 0.6) is 0 Å². The number of aromatic nitrogens is 2. The number of amides is 1.